The van der Waals surface area contributed by atoms with Gasteiger partial charge >= 0.3 is 0 Å². The van der Waals surface area contributed by atoms with E-state index in [0.717, 1.165) is 23.0 Å². The van der Waals surface area contributed by atoms with E-state index in [-0.39, 0.29) is 5.91 Å². The first-order chi connectivity index (χ1) is 8.97. The molecular formula is C13H23N3O2S. The maximum Gasteiger partial charge on any atom is 0.236 e. The number of hydrogen-bond acceptors (Lipinski definition) is 5. The predicted molar refractivity (Wildman–Crippen MR) is 77.0 cm³/mol. The molecule has 1 N–H and O–H groups in total. The number of hydrogen-bond donors (Lipinski definition) is 1. The van der Waals surface area contributed by atoms with Crippen LogP contribution in [0.1, 0.15) is 36.8 Å². The van der Waals surface area contributed by atoms with Crippen LogP contribution < -0.4 is 0 Å². The zero-order valence-electron chi connectivity index (χ0n) is 12.1. The molecular weight excluding hydrogens is 262 g/mol. The summed E-state index contributed by atoms with van der Waals surface area (Å²) in [5.74, 6) is 0.139. The van der Waals surface area contributed by atoms with Gasteiger partial charge in [0.15, 0.2) is 0 Å². The highest BCUT2D eigenvalue weighted by atomic mass is 32.1. The fourth-order valence-electron chi connectivity index (χ4n) is 1.78. The molecule has 19 heavy (non-hydrogen) atoms. The third kappa shape index (κ3) is 4.89. The van der Waals surface area contributed by atoms with Crippen LogP contribution >= 0.6 is 11.3 Å². The zero-order valence-corrected chi connectivity index (χ0v) is 12.9. The second kappa shape index (κ2) is 7.57. The average Bonchev–Trinajstić information content (AvgIpc) is 2.78. The van der Waals surface area contributed by atoms with E-state index in [1.54, 1.807) is 13.1 Å². The summed E-state index contributed by atoms with van der Waals surface area (Å²) in [6, 6.07) is 0. The maximum absolute atomic E-state index is 11.9. The fourth-order valence-corrected chi connectivity index (χ4v) is 2.72. The van der Waals surface area contributed by atoms with E-state index in [9.17, 15) is 9.90 Å². The summed E-state index contributed by atoms with van der Waals surface area (Å²) in [5, 5.41) is 10.4. The van der Waals surface area contributed by atoms with Gasteiger partial charge in [-0.2, -0.15) is 0 Å². The number of amides is 1. The summed E-state index contributed by atoms with van der Waals surface area (Å²) in [6.07, 6.45) is 1.22. The van der Waals surface area contributed by atoms with Crippen LogP contribution in [-0.2, 0) is 11.3 Å². The van der Waals surface area contributed by atoms with Gasteiger partial charge in [-0.15, -0.1) is 11.3 Å². The number of carbonyl (C=O) groups is 1. The van der Waals surface area contributed by atoms with Crippen molar-refractivity contribution < 1.29 is 9.90 Å². The third-order valence-electron chi connectivity index (χ3n) is 2.91. The molecule has 0 saturated carbocycles. The minimum absolute atomic E-state index is 0.139. The number of nitrogens with zero attached hydrogens (tertiary/aromatic N) is 3. The highest BCUT2D eigenvalue weighted by molar-refractivity contribution is 7.11. The molecule has 1 amide bonds. The second-order valence-electron chi connectivity index (χ2n) is 4.57. The number of aromatic nitrogens is 1. The highest BCUT2D eigenvalue weighted by Crippen LogP contribution is 2.20. The van der Waals surface area contributed by atoms with E-state index in [2.05, 4.69) is 4.98 Å². The molecule has 1 rings (SSSR count). The first kappa shape index (κ1) is 16.1. The van der Waals surface area contributed by atoms with Gasteiger partial charge in [0.25, 0.3) is 0 Å². The molecule has 0 fully saturated rings. The van der Waals surface area contributed by atoms with Gasteiger partial charge < -0.3 is 10.0 Å². The van der Waals surface area contributed by atoms with Gasteiger partial charge in [0.1, 0.15) is 5.01 Å². The lowest BCUT2D eigenvalue weighted by Crippen LogP contribution is -2.38. The van der Waals surface area contributed by atoms with Crippen molar-refractivity contribution in [1.82, 2.24) is 14.8 Å². The molecule has 0 saturated heterocycles. The molecule has 1 heterocycles. The molecule has 0 bridgehead atoms. The first-order valence-corrected chi connectivity index (χ1v) is 7.38. The highest BCUT2D eigenvalue weighted by Gasteiger charge is 2.14. The normalized spacial score (nSPS) is 12.7. The van der Waals surface area contributed by atoms with E-state index in [1.807, 2.05) is 30.7 Å². The summed E-state index contributed by atoms with van der Waals surface area (Å²) >= 11 is 1.49. The van der Waals surface area contributed by atoms with Crippen molar-refractivity contribution >= 4 is 17.2 Å². The number of rotatable bonds is 7. The Morgan fingerprint density at radius 2 is 2.11 bits per heavy atom. The second-order valence-corrected chi connectivity index (χ2v) is 5.72. The molecule has 1 unspecified atom stereocenters. The summed E-state index contributed by atoms with van der Waals surface area (Å²) < 4.78 is 0. The summed E-state index contributed by atoms with van der Waals surface area (Å²) in [5.41, 5.74) is 0. The van der Waals surface area contributed by atoms with E-state index in [0.29, 0.717) is 13.1 Å². The van der Waals surface area contributed by atoms with Gasteiger partial charge in [-0.05, 0) is 27.8 Å². The molecule has 1 aromatic rings. The van der Waals surface area contributed by atoms with Gasteiger partial charge in [-0.3, -0.25) is 9.69 Å². The van der Waals surface area contributed by atoms with E-state index < -0.39 is 6.10 Å². The number of aliphatic hydroxyl groups excluding tert-OH is 1. The molecule has 0 radical (unpaired) electrons. The van der Waals surface area contributed by atoms with Gasteiger partial charge in [0.05, 0.1) is 24.1 Å². The lowest BCUT2D eigenvalue weighted by atomic mass is 10.4. The SMILES string of the molecule is CCN(CC)C(=O)CN(C)Cc1ncc(C(C)O)s1. The van der Waals surface area contributed by atoms with E-state index in [4.69, 9.17) is 0 Å². The van der Waals surface area contributed by atoms with Gasteiger partial charge in [0.2, 0.25) is 5.91 Å². The van der Waals surface area contributed by atoms with Crippen LogP contribution in [0.25, 0.3) is 0 Å². The maximum atomic E-state index is 11.9. The number of likely N-dealkylation sites (N-methyl/N-ethyl adjacent to an activating group) is 2. The lowest BCUT2D eigenvalue weighted by Gasteiger charge is -2.22. The lowest BCUT2D eigenvalue weighted by molar-refractivity contribution is -0.131. The standard InChI is InChI=1S/C13H23N3O2S/c1-5-16(6-2)13(18)9-15(4)8-12-14-7-11(19-12)10(3)17/h7,10,17H,5-6,8-9H2,1-4H3. The van der Waals surface area contributed by atoms with Crippen LogP contribution in [0.5, 0.6) is 0 Å². The third-order valence-corrected chi connectivity index (χ3v) is 4.06. The van der Waals surface area contributed by atoms with Gasteiger partial charge in [0, 0.05) is 19.3 Å². The molecule has 0 aromatic carbocycles. The minimum atomic E-state index is -0.478. The van der Waals surface area contributed by atoms with Crippen LogP contribution in [0.3, 0.4) is 0 Å². The predicted octanol–water partition coefficient (Wildman–Crippen LogP) is 1.50. The van der Waals surface area contributed by atoms with Crippen molar-refractivity contribution in [2.75, 3.05) is 26.7 Å². The number of carbonyl (C=O) groups excluding carboxylic acids is 1. The quantitative estimate of drug-likeness (QED) is 0.825. The minimum Gasteiger partial charge on any atom is -0.388 e. The Labute approximate surface area is 118 Å². The molecule has 1 atom stereocenters. The summed E-state index contributed by atoms with van der Waals surface area (Å²) in [6.45, 7) is 8.20. The van der Waals surface area contributed by atoms with Crippen molar-refractivity contribution in [2.24, 2.45) is 0 Å². The molecule has 5 nitrogen and oxygen atoms in total. The van der Waals surface area contributed by atoms with Crippen LogP contribution in [0, 0.1) is 0 Å². The van der Waals surface area contributed by atoms with Crippen LogP contribution in [0.2, 0.25) is 0 Å². The van der Waals surface area contributed by atoms with Crippen molar-refractivity contribution in [3.63, 3.8) is 0 Å². The topological polar surface area (TPSA) is 56.7 Å². The summed E-state index contributed by atoms with van der Waals surface area (Å²) in [4.78, 5) is 20.8. The Kier molecular flexibility index (Phi) is 6.41. The monoisotopic (exact) mass is 285 g/mol. The van der Waals surface area contributed by atoms with Crippen LogP contribution in [0.15, 0.2) is 6.20 Å². The van der Waals surface area contributed by atoms with Crippen molar-refractivity contribution in [2.45, 2.75) is 33.4 Å². The molecule has 108 valence electrons. The fraction of sp³-hybridized carbons (Fsp3) is 0.692. The molecule has 0 aliphatic heterocycles. The molecule has 6 heteroatoms. The Morgan fingerprint density at radius 3 is 2.58 bits per heavy atom. The largest absolute Gasteiger partial charge is 0.388 e. The van der Waals surface area contributed by atoms with Gasteiger partial charge in [-0.1, -0.05) is 0 Å². The van der Waals surface area contributed by atoms with Crippen LogP contribution in [0.4, 0.5) is 0 Å². The van der Waals surface area contributed by atoms with Crippen molar-refractivity contribution in [3.8, 4) is 0 Å². The number of thiazole rings is 1. The van der Waals surface area contributed by atoms with Gasteiger partial charge in [-0.25, -0.2) is 4.98 Å². The molecule has 0 spiro atoms. The Hall–Kier alpha value is -0.980. The Morgan fingerprint density at radius 1 is 1.47 bits per heavy atom. The Bertz CT molecular complexity index is 402. The van der Waals surface area contributed by atoms with Crippen molar-refractivity contribution in [3.05, 3.63) is 16.1 Å². The molecule has 0 aliphatic rings. The smallest absolute Gasteiger partial charge is 0.236 e. The van der Waals surface area contributed by atoms with Crippen LogP contribution in [-0.4, -0.2) is 52.5 Å². The number of aliphatic hydroxyl groups is 1. The zero-order chi connectivity index (χ0) is 14.4. The Balaban J connectivity index is 2.50. The van der Waals surface area contributed by atoms with E-state index in [1.165, 1.54) is 11.3 Å². The molecule has 0 aliphatic carbocycles. The van der Waals surface area contributed by atoms with E-state index >= 15 is 0 Å². The average molecular weight is 285 g/mol. The first-order valence-electron chi connectivity index (χ1n) is 6.56. The molecule has 1 aromatic heterocycles. The summed E-state index contributed by atoms with van der Waals surface area (Å²) in [7, 11) is 1.91. The van der Waals surface area contributed by atoms with Crippen molar-refractivity contribution in [1.29, 1.82) is 0 Å².